The number of hydrogen-bond acceptors (Lipinski definition) is 2. The van der Waals surface area contributed by atoms with Crippen molar-refractivity contribution >= 4 is 11.9 Å². The third-order valence-electron chi connectivity index (χ3n) is 6.60. The first-order valence-electron chi connectivity index (χ1n) is 10.8. The van der Waals surface area contributed by atoms with Crippen molar-refractivity contribution in [3.05, 3.63) is 70.8 Å². The number of carbonyl (C=O) groups excluding carboxylic acids is 1. The number of hydrogen-bond donors (Lipinski definition) is 1. The van der Waals surface area contributed by atoms with Crippen LogP contribution in [0.5, 0.6) is 0 Å². The summed E-state index contributed by atoms with van der Waals surface area (Å²) >= 11 is 0. The van der Waals surface area contributed by atoms with E-state index in [0.29, 0.717) is 24.7 Å². The maximum Gasteiger partial charge on any atom is 0.303 e. The lowest BCUT2D eigenvalue weighted by atomic mass is 9.82. The molecule has 152 valence electrons. The lowest BCUT2D eigenvalue weighted by molar-refractivity contribution is -0.136. The summed E-state index contributed by atoms with van der Waals surface area (Å²) in [7, 11) is 0. The minimum atomic E-state index is -0.809. The third kappa shape index (κ3) is 4.52. The van der Waals surface area contributed by atoms with Gasteiger partial charge in [-0.25, -0.2) is 0 Å². The van der Waals surface area contributed by atoms with Crippen LogP contribution in [0.3, 0.4) is 0 Å². The molecule has 0 spiro atoms. The van der Waals surface area contributed by atoms with E-state index < -0.39 is 5.97 Å². The minimum Gasteiger partial charge on any atom is -0.481 e. The van der Waals surface area contributed by atoms with Gasteiger partial charge in [-0.2, -0.15) is 0 Å². The number of amides is 1. The highest BCUT2D eigenvalue weighted by Gasteiger charge is 2.37. The molecule has 2 atom stereocenters. The second kappa shape index (κ2) is 8.81. The van der Waals surface area contributed by atoms with Gasteiger partial charge in [0.25, 0.3) is 5.91 Å². The van der Waals surface area contributed by atoms with Crippen LogP contribution in [0.2, 0.25) is 0 Å². The Bertz CT molecular complexity index is 863. The van der Waals surface area contributed by atoms with Crippen LogP contribution in [0.15, 0.2) is 48.5 Å². The van der Waals surface area contributed by atoms with Crippen molar-refractivity contribution in [2.75, 3.05) is 13.1 Å². The summed E-state index contributed by atoms with van der Waals surface area (Å²) in [5.74, 6) is 0.611. The van der Waals surface area contributed by atoms with Crippen LogP contribution in [-0.4, -0.2) is 35.0 Å². The minimum absolute atomic E-state index is 0.0767. The van der Waals surface area contributed by atoms with Crippen molar-refractivity contribution < 1.29 is 14.7 Å². The maximum absolute atomic E-state index is 13.5. The zero-order valence-electron chi connectivity index (χ0n) is 16.8. The zero-order valence-corrected chi connectivity index (χ0v) is 16.8. The molecule has 4 rings (SSSR count). The first-order valence-corrected chi connectivity index (χ1v) is 10.8. The molecule has 4 heteroatoms. The largest absolute Gasteiger partial charge is 0.481 e. The van der Waals surface area contributed by atoms with Crippen molar-refractivity contribution in [3.8, 4) is 0 Å². The van der Waals surface area contributed by atoms with Gasteiger partial charge >= 0.3 is 5.97 Å². The summed E-state index contributed by atoms with van der Waals surface area (Å²) in [6.45, 7) is 1.74. The SMILES string of the molecule is O=C(O)CCc1cccc(C(=O)N2CC3CCCCC3C2)c1Cc1ccccc1. The fourth-order valence-electron chi connectivity index (χ4n) is 5.06. The zero-order chi connectivity index (χ0) is 20.2. The molecule has 4 nitrogen and oxygen atoms in total. The Morgan fingerprint density at radius 1 is 0.931 bits per heavy atom. The molecule has 0 radical (unpaired) electrons. The van der Waals surface area contributed by atoms with Gasteiger partial charge in [0.1, 0.15) is 0 Å². The Morgan fingerprint density at radius 3 is 2.28 bits per heavy atom. The summed E-state index contributed by atoms with van der Waals surface area (Å²) in [5.41, 5.74) is 3.84. The fourth-order valence-corrected chi connectivity index (χ4v) is 5.06. The summed E-state index contributed by atoms with van der Waals surface area (Å²) in [5, 5.41) is 9.15. The second-order valence-corrected chi connectivity index (χ2v) is 8.51. The Kier molecular flexibility index (Phi) is 5.98. The van der Waals surface area contributed by atoms with Crippen molar-refractivity contribution in [2.45, 2.75) is 44.9 Å². The van der Waals surface area contributed by atoms with E-state index in [0.717, 1.165) is 35.3 Å². The van der Waals surface area contributed by atoms with E-state index in [1.54, 1.807) is 0 Å². The summed E-state index contributed by atoms with van der Waals surface area (Å²) < 4.78 is 0. The number of carboxylic acid groups (broad SMARTS) is 1. The standard InChI is InChI=1S/C25H29NO3/c27-24(28)14-13-19-11-6-12-22(23(19)15-18-7-2-1-3-8-18)25(29)26-16-20-9-4-5-10-21(20)17-26/h1-3,6-8,11-12,20-21H,4-5,9-10,13-17H2,(H,27,28). The molecule has 1 aliphatic carbocycles. The molecular weight excluding hydrogens is 362 g/mol. The molecular formula is C25H29NO3. The number of benzene rings is 2. The van der Waals surface area contributed by atoms with Crippen LogP contribution in [0.1, 0.15) is 59.2 Å². The van der Waals surface area contributed by atoms with Crippen LogP contribution >= 0.6 is 0 Å². The third-order valence-corrected chi connectivity index (χ3v) is 6.60. The van der Waals surface area contributed by atoms with E-state index in [2.05, 4.69) is 12.1 Å². The van der Waals surface area contributed by atoms with Gasteiger partial charge in [-0.3, -0.25) is 9.59 Å². The van der Waals surface area contributed by atoms with E-state index in [9.17, 15) is 9.59 Å². The molecule has 2 aliphatic rings. The smallest absolute Gasteiger partial charge is 0.303 e. The van der Waals surface area contributed by atoms with Crippen LogP contribution in [-0.2, 0) is 17.6 Å². The van der Waals surface area contributed by atoms with Gasteiger partial charge in [-0.1, -0.05) is 55.3 Å². The van der Waals surface area contributed by atoms with E-state index in [1.807, 2.05) is 41.3 Å². The van der Waals surface area contributed by atoms with E-state index >= 15 is 0 Å². The molecule has 2 aromatic carbocycles. The molecule has 1 saturated carbocycles. The number of likely N-dealkylation sites (tertiary alicyclic amines) is 1. The molecule has 2 aromatic rings. The fraction of sp³-hybridized carbons (Fsp3) is 0.440. The van der Waals surface area contributed by atoms with Crippen LogP contribution in [0.4, 0.5) is 0 Å². The predicted molar refractivity (Wildman–Crippen MR) is 113 cm³/mol. The Morgan fingerprint density at radius 2 is 1.62 bits per heavy atom. The second-order valence-electron chi connectivity index (χ2n) is 8.51. The van der Waals surface area contributed by atoms with Crippen molar-refractivity contribution in [3.63, 3.8) is 0 Å². The van der Waals surface area contributed by atoms with Gasteiger partial charge in [0.2, 0.25) is 0 Å². The highest BCUT2D eigenvalue weighted by atomic mass is 16.4. The maximum atomic E-state index is 13.5. The molecule has 2 fully saturated rings. The molecule has 1 N–H and O–H groups in total. The summed E-state index contributed by atoms with van der Waals surface area (Å²) in [6, 6.07) is 15.9. The number of aliphatic carboxylic acids is 1. The van der Waals surface area contributed by atoms with Crippen LogP contribution in [0.25, 0.3) is 0 Å². The molecule has 1 saturated heterocycles. The monoisotopic (exact) mass is 391 g/mol. The number of aryl methyl sites for hydroxylation is 1. The molecule has 1 aliphatic heterocycles. The first kappa shape index (κ1) is 19.7. The molecule has 2 unspecified atom stereocenters. The molecule has 1 heterocycles. The average molecular weight is 392 g/mol. The van der Waals surface area contributed by atoms with E-state index in [1.165, 1.54) is 25.7 Å². The molecule has 29 heavy (non-hydrogen) atoms. The van der Waals surface area contributed by atoms with Gasteiger partial charge in [0.05, 0.1) is 0 Å². The summed E-state index contributed by atoms with van der Waals surface area (Å²) in [4.78, 5) is 26.7. The average Bonchev–Trinajstić information content (AvgIpc) is 3.17. The number of fused-ring (bicyclic) bond motifs is 1. The van der Waals surface area contributed by atoms with Gasteiger partial charge < -0.3 is 10.0 Å². The van der Waals surface area contributed by atoms with Gasteiger partial charge in [0, 0.05) is 25.1 Å². The summed E-state index contributed by atoms with van der Waals surface area (Å²) in [6.07, 6.45) is 6.23. The number of rotatable bonds is 6. The highest BCUT2D eigenvalue weighted by molar-refractivity contribution is 5.96. The van der Waals surface area contributed by atoms with Crippen molar-refractivity contribution in [1.82, 2.24) is 4.90 Å². The first-order chi connectivity index (χ1) is 14.1. The van der Waals surface area contributed by atoms with Crippen molar-refractivity contribution in [2.24, 2.45) is 11.8 Å². The Labute approximate surface area is 172 Å². The lowest BCUT2D eigenvalue weighted by Gasteiger charge is -2.22. The number of carboxylic acids is 1. The predicted octanol–water partition coefficient (Wildman–Crippen LogP) is 4.56. The van der Waals surface area contributed by atoms with Gasteiger partial charge in [-0.15, -0.1) is 0 Å². The van der Waals surface area contributed by atoms with Gasteiger partial charge in [0.15, 0.2) is 0 Å². The van der Waals surface area contributed by atoms with Crippen LogP contribution in [0, 0.1) is 11.8 Å². The topological polar surface area (TPSA) is 57.6 Å². The highest BCUT2D eigenvalue weighted by Crippen LogP contribution is 2.37. The Balaban J connectivity index is 1.63. The van der Waals surface area contributed by atoms with Crippen molar-refractivity contribution in [1.29, 1.82) is 0 Å². The Hall–Kier alpha value is -2.62. The lowest BCUT2D eigenvalue weighted by Crippen LogP contribution is -2.30. The van der Waals surface area contributed by atoms with E-state index in [4.69, 9.17) is 5.11 Å². The molecule has 0 bridgehead atoms. The molecule has 1 amide bonds. The number of carbonyl (C=O) groups is 2. The normalized spacial score (nSPS) is 21.0. The molecule has 0 aromatic heterocycles. The van der Waals surface area contributed by atoms with Gasteiger partial charge in [-0.05, 0) is 60.3 Å². The number of nitrogens with zero attached hydrogens (tertiary/aromatic N) is 1. The van der Waals surface area contributed by atoms with Crippen LogP contribution < -0.4 is 0 Å². The quantitative estimate of drug-likeness (QED) is 0.785. The van der Waals surface area contributed by atoms with E-state index in [-0.39, 0.29) is 12.3 Å².